The molecule has 2 aromatic carbocycles. The van der Waals surface area contributed by atoms with Gasteiger partial charge in [0.15, 0.2) is 0 Å². The Bertz CT molecular complexity index is 1040. The molecular weight excluding hydrogens is 360 g/mol. The zero-order valence-electron chi connectivity index (χ0n) is 15.2. The third-order valence-corrected chi connectivity index (χ3v) is 5.68. The van der Waals surface area contributed by atoms with Gasteiger partial charge in [-0.15, -0.1) is 11.8 Å². The zero-order valence-corrected chi connectivity index (χ0v) is 16.0. The summed E-state index contributed by atoms with van der Waals surface area (Å²) in [6, 6.07) is 13.2. The van der Waals surface area contributed by atoms with Crippen LogP contribution in [0.1, 0.15) is 30.6 Å². The summed E-state index contributed by atoms with van der Waals surface area (Å²) in [5, 5.41) is 5.65. The van der Waals surface area contributed by atoms with Crippen molar-refractivity contribution < 1.29 is 9.59 Å². The zero-order chi connectivity index (χ0) is 19.0. The molecule has 4 rings (SSSR count). The van der Waals surface area contributed by atoms with E-state index in [0.29, 0.717) is 17.2 Å². The summed E-state index contributed by atoms with van der Waals surface area (Å²) in [5.41, 5.74) is 3.01. The predicted molar refractivity (Wildman–Crippen MR) is 108 cm³/mol. The molecule has 2 heterocycles. The first-order valence-corrected chi connectivity index (χ1v) is 9.83. The van der Waals surface area contributed by atoms with Gasteiger partial charge in [-0.25, -0.2) is 4.98 Å². The van der Waals surface area contributed by atoms with Gasteiger partial charge in [0, 0.05) is 17.0 Å². The van der Waals surface area contributed by atoms with E-state index in [1.807, 2.05) is 41.8 Å². The first-order chi connectivity index (χ1) is 13.1. The smallest absolute Gasteiger partial charge is 0.258 e. The van der Waals surface area contributed by atoms with Crippen LogP contribution >= 0.6 is 11.8 Å². The van der Waals surface area contributed by atoms with Crippen LogP contribution in [0.15, 0.2) is 47.4 Å². The van der Waals surface area contributed by atoms with Crippen molar-refractivity contribution in [1.29, 1.82) is 0 Å². The van der Waals surface area contributed by atoms with E-state index in [0.717, 1.165) is 28.9 Å². The number of imidazole rings is 1. The lowest BCUT2D eigenvalue weighted by atomic mass is 10.2. The van der Waals surface area contributed by atoms with Crippen molar-refractivity contribution in [2.45, 2.75) is 37.0 Å². The van der Waals surface area contributed by atoms with Gasteiger partial charge in [-0.1, -0.05) is 19.1 Å². The number of para-hydroxylation sites is 2. The van der Waals surface area contributed by atoms with E-state index < -0.39 is 0 Å². The molecule has 138 valence electrons. The minimum atomic E-state index is -0.247. The Balaban J connectivity index is 1.63. The number of nitrogens with zero attached hydrogens (tertiary/aromatic N) is 2. The average molecular weight is 380 g/mol. The van der Waals surface area contributed by atoms with Crippen molar-refractivity contribution in [1.82, 2.24) is 9.55 Å². The Morgan fingerprint density at radius 3 is 2.93 bits per heavy atom. The van der Waals surface area contributed by atoms with Gasteiger partial charge in [0.05, 0.1) is 22.0 Å². The van der Waals surface area contributed by atoms with Crippen LogP contribution in [-0.4, -0.2) is 26.6 Å². The van der Waals surface area contributed by atoms with Crippen molar-refractivity contribution in [2.24, 2.45) is 0 Å². The number of carbonyl (C=O) groups is 2. The molecule has 0 spiro atoms. The molecule has 0 saturated carbocycles. The molecule has 0 saturated heterocycles. The number of aromatic nitrogens is 2. The molecule has 7 heteroatoms. The Hall–Kier alpha value is -2.80. The van der Waals surface area contributed by atoms with Gasteiger partial charge in [-0.05, 0) is 43.7 Å². The van der Waals surface area contributed by atoms with Crippen molar-refractivity contribution in [3.05, 3.63) is 48.0 Å². The highest BCUT2D eigenvalue weighted by molar-refractivity contribution is 8.00. The second kappa shape index (κ2) is 7.08. The fourth-order valence-corrected chi connectivity index (χ4v) is 4.08. The highest BCUT2D eigenvalue weighted by Crippen LogP contribution is 2.36. The average Bonchev–Trinajstić information content (AvgIpc) is 3.00. The number of fused-ring (bicyclic) bond motifs is 2. The van der Waals surface area contributed by atoms with Crippen molar-refractivity contribution in [3.63, 3.8) is 0 Å². The standard InChI is InChI=1S/C20H20N4O2S/c1-3-10-24-16-7-5-4-6-14(16)22-20(24)23-19(26)13-8-9-17-15(11-13)21-18(25)12(2)27-17/h4-9,11-12H,3,10H2,1-2H3,(H,21,25)(H,22,23,26)/t12-/m0/s1. The molecule has 1 atom stereocenters. The summed E-state index contributed by atoms with van der Waals surface area (Å²) in [6.45, 7) is 4.72. The summed E-state index contributed by atoms with van der Waals surface area (Å²) in [6.07, 6.45) is 0.934. The van der Waals surface area contributed by atoms with Crippen LogP contribution in [0, 0.1) is 0 Å². The van der Waals surface area contributed by atoms with Gasteiger partial charge in [0.25, 0.3) is 5.91 Å². The van der Waals surface area contributed by atoms with Crippen LogP contribution in [0.5, 0.6) is 0 Å². The van der Waals surface area contributed by atoms with E-state index in [1.54, 1.807) is 12.1 Å². The third-order valence-electron chi connectivity index (χ3n) is 4.50. The summed E-state index contributed by atoms with van der Waals surface area (Å²) in [4.78, 5) is 30.2. The summed E-state index contributed by atoms with van der Waals surface area (Å²) in [7, 11) is 0. The van der Waals surface area contributed by atoms with E-state index in [2.05, 4.69) is 22.5 Å². The fraction of sp³-hybridized carbons (Fsp3) is 0.250. The Morgan fingerprint density at radius 2 is 2.11 bits per heavy atom. The third kappa shape index (κ3) is 3.30. The lowest BCUT2D eigenvalue weighted by Crippen LogP contribution is -2.26. The predicted octanol–water partition coefficient (Wildman–Crippen LogP) is 4.13. The number of benzene rings is 2. The molecule has 3 aromatic rings. The molecule has 0 radical (unpaired) electrons. The Morgan fingerprint density at radius 1 is 1.30 bits per heavy atom. The number of nitrogens with one attached hydrogen (secondary N) is 2. The van der Waals surface area contributed by atoms with Gasteiger partial charge in [-0.3, -0.25) is 14.9 Å². The van der Waals surface area contributed by atoms with Gasteiger partial charge >= 0.3 is 0 Å². The molecule has 1 aromatic heterocycles. The molecule has 0 fully saturated rings. The lowest BCUT2D eigenvalue weighted by Gasteiger charge is -2.21. The molecule has 0 unspecified atom stereocenters. The molecule has 27 heavy (non-hydrogen) atoms. The first kappa shape index (κ1) is 17.6. The second-order valence-corrected chi connectivity index (χ2v) is 7.87. The maximum Gasteiger partial charge on any atom is 0.258 e. The van der Waals surface area contributed by atoms with Crippen LogP contribution in [0.25, 0.3) is 11.0 Å². The minimum Gasteiger partial charge on any atom is -0.324 e. The fourth-order valence-electron chi connectivity index (χ4n) is 3.14. The Kier molecular flexibility index (Phi) is 4.61. The molecular formula is C20H20N4O2S. The molecule has 2 amide bonds. The molecule has 2 N–H and O–H groups in total. The van der Waals surface area contributed by atoms with Crippen LogP contribution in [0.2, 0.25) is 0 Å². The van der Waals surface area contributed by atoms with Crippen LogP contribution < -0.4 is 10.6 Å². The number of thioether (sulfide) groups is 1. The summed E-state index contributed by atoms with van der Waals surface area (Å²) < 4.78 is 2.02. The van der Waals surface area contributed by atoms with E-state index in [-0.39, 0.29) is 17.1 Å². The van der Waals surface area contributed by atoms with Gasteiger partial charge in [0.1, 0.15) is 0 Å². The van der Waals surface area contributed by atoms with E-state index in [1.165, 1.54) is 11.8 Å². The van der Waals surface area contributed by atoms with Gasteiger partial charge < -0.3 is 9.88 Å². The lowest BCUT2D eigenvalue weighted by molar-refractivity contribution is -0.115. The maximum atomic E-state index is 12.8. The van der Waals surface area contributed by atoms with Crippen molar-refractivity contribution in [2.75, 3.05) is 10.6 Å². The second-order valence-electron chi connectivity index (χ2n) is 6.49. The molecule has 1 aliphatic rings. The number of hydrogen-bond donors (Lipinski definition) is 2. The van der Waals surface area contributed by atoms with Crippen LogP contribution in [0.4, 0.5) is 11.6 Å². The highest BCUT2D eigenvalue weighted by atomic mass is 32.2. The number of amides is 2. The molecule has 1 aliphatic heterocycles. The quantitative estimate of drug-likeness (QED) is 0.713. The monoisotopic (exact) mass is 380 g/mol. The first-order valence-electron chi connectivity index (χ1n) is 8.95. The number of carbonyl (C=O) groups excluding carboxylic acids is 2. The van der Waals surface area contributed by atoms with Crippen LogP contribution in [0.3, 0.4) is 0 Å². The van der Waals surface area contributed by atoms with Crippen molar-refractivity contribution >= 4 is 46.2 Å². The number of hydrogen-bond acceptors (Lipinski definition) is 4. The molecule has 0 aliphatic carbocycles. The largest absolute Gasteiger partial charge is 0.324 e. The SMILES string of the molecule is CCCn1c(NC(=O)c2ccc3c(c2)NC(=O)[C@H](C)S3)nc2ccccc21. The summed E-state index contributed by atoms with van der Waals surface area (Å²) in [5.74, 6) is 0.242. The van der Waals surface area contributed by atoms with Crippen molar-refractivity contribution in [3.8, 4) is 0 Å². The van der Waals surface area contributed by atoms with Gasteiger partial charge in [-0.2, -0.15) is 0 Å². The molecule has 0 bridgehead atoms. The molecule has 6 nitrogen and oxygen atoms in total. The number of anilines is 2. The maximum absolute atomic E-state index is 12.8. The number of aryl methyl sites for hydroxylation is 1. The van der Waals surface area contributed by atoms with Gasteiger partial charge in [0.2, 0.25) is 11.9 Å². The number of rotatable bonds is 4. The Labute approximate surface area is 161 Å². The van der Waals surface area contributed by atoms with E-state index >= 15 is 0 Å². The highest BCUT2D eigenvalue weighted by Gasteiger charge is 2.24. The van der Waals surface area contributed by atoms with Crippen LogP contribution in [-0.2, 0) is 11.3 Å². The van der Waals surface area contributed by atoms with E-state index in [4.69, 9.17) is 0 Å². The summed E-state index contributed by atoms with van der Waals surface area (Å²) >= 11 is 1.50. The minimum absolute atomic E-state index is 0.0465. The van der Waals surface area contributed by atoms with E-state index in [9.17, 15) is 9.59 Å². The normalized spacial score (nSPS) is 16.1. The topological polar surface area (TPSA) is 76.0 Å².